The maximum atomic E-state index is 12.5. The summed E-state index contributed by atoms with van der Waals surface area (Å²) in [6, 6.07) is 21.5. The van der Waals surface area contributed by atoms with Crippen molar-refractivity contribution in [1.82, 2.24) is 9.88 Å². The van der Waals surface area contributed by atoms with E-state index in [-0.39, 0.29) is 18.6 Å². The number of carbonyl (C=O) groups is 1. The molecule has 172 valence electrons. The molecule has 4 rings (SSSR count). The minimum atomic E-state index is -0.689. The van der Waals surface area contributed by atoms with Crippen LogP contribution in [0.25, 0.3) is 0 Å². The van der Waals surface area contributed by atoms with Crippen LogP contribution in [0.3, 0.4) is 0 Å². The normalized spacial score (nSPS) is 16.8. The minimum absolute atomic E-state index is 0.00184. The molecule has 1 fully saturated rings. The number of benzene rings is 2. The maximum absolute atomic E-state index is 12.5. The molecule has 0 radical (unpaired) electrons. The molecule has 1 aliphatic heterocycles. The van der Waals surface area contributed by atoms with Gasteiger partial charge in [-0.25, -0.2) is 4.98 Å². The standard InChI is InChI=1S/C25H26ClN3O4/c26-23-11-6-12-24(28-23)33-20-13-14-29(16-20)15-19(30)17-32-22-10-5-4-9-21(22)27-25(31)18-7-2-1-3-8-18/h1-12,19-20,30H,13-17H2,(H,27,31). The number of amides is 1. The van der Waals surface area contributed by atoms with E-state index >= 15 is 0 Å². The summed E-state index contributed by atoms with van der Waals surface area (Å²) < 4.78 is 11.7. The number of nitrogens with one attached hydrogen (secondary N) is 1. The average Bonchev–Trinajstić information content (AvgIpc) is 3.25. The van der Waals surface area contributed by atoms with Gasteiger partial charge in [0.2, 0.25) is 5.88 Å². The fraction of sp³-hybridized carbons (Fsp3) is 0.280. The van der Waals surface area contributed by atoms with E-state index in [1.807, 2.05) is 30.3 Å². The van der Waals surface area contributed by atoms with E-state index in [2.05, 4.69) is 15.2 Å². The molecule has 0 aliphatic carbocycles. The lowest BCUT2D eigenvalue weighted by Crippen LogP contribution is -2.35. The number of likely N-dealkylation sites (tertiary alicyclic amines) is 1. The Morgan fingerprint density at radius 2 is 1.91 bits per heavy atom. The van der Waals surface area contributed by atoms with E-state index in [4.69, 9.17) is 21.1 Å². The maximum Gasteiger partial charge on any atom is 0.255 e. The first-order chi connectivity index (χ1) is 16.1. The SMILES string of the molecule is O=C(Nc1ccccc1OCC(O)CN1CCC(Oc2cccc(Cl)n2)C1)c1ccccc1. The van der Waals surface area contributed by atoms with E-state index in [1.165, 1.54) is 0 Å². The van der Waals surface area contributed by atoms with Crippen molar-refractivity contribution in [3.63, 3.8) is 0 Å². The molecule has 2 aromatic carbocycles. The first kappa shape index (κ1) is 23.0. The number of aliphatic hydroxyl groups excluding tert-OH is 1. The Kier molecular flexibility index (Phi) is 7.78. The molecule has 33 heavy (non-hydrogen) atoms. The van der Waals surface area contributed by atoms with Crippen LogP contribution in [-0.2, 0) is 0 Å². The molecule has 1 aliphatic rings. The Morgan fingerprint density at radius 3 is 2.73 bits per heavy atom. The molecule has 0 spiro atoms. The van der Waals surface area contributed by atoms with Gasteiger partial charge in [0.15, 0.2) is 0 Å². The number of aliphatic hydroxyl groups is 1. The molecule has 2 unspecified atom stereocenters. The molecule has 2 N–H and O–H groups in total. The first-order valence-corrected chi connectivity index (χ1v) is 11.2. The zero-order valence-electron chi connectivity index (χ0n) is 18.1. The summed E-state index contributed by atoms with van der Waals surface area (Å²) in [5, 5.41) is 13.8. The molecule has 0 bridgehead atoms. The van der Waals surface area contributed by atoms with Crippen molar-refractivity contribution in [3.05, 3.63) is 83.5 Å². The third-order valence-corrected chi connectivity index (χ3v) is 5.49. The molecule has 2 heterocycles. The Bertz CT molecular complexity index is 1070. The van der Waals surface area contributed by atoms with Crippen molar-refractivity contribution < 1.29 is 19.4 Å². The summed E-state index contributed by atoms with van der Waals surface area (Å²) in [6.45, 7) is 2.07. The summed E-state index contributed by atoms with van der Waals surface area (Å²) in [5.41, 5.74) is 1.12. The highest BCUT2D eigenvalue weighted by atomic mass is 35.5. The summed E-state index contributed by atoms with van der Waals surface area (Å²) >= 11 is 5.91. The Balaban J connectivity index is 1.25. The second kappa shape index (κ2) is 11.1. The number of anilines is 1. The zero-order chi connectivity index (χ0) is 23.0. The van der Waals surface area contributed by atoms with Crippen molar-refractivity contribution in [3.8, 4) is 11.6 Å². The van der Waals surface area contributed by atoms with Gasteiger partial charge in [0, 0.05) is 31.3 Å². The van der Waals surface area contributed by atoms with Gasteiger partial charge in [0.05, 0.1) is 5.69 Å². The van der Waals surface area contributed by atoms with Gasteiger partial charge < -0.3 is 19.9 Å². The number of nitrogens with zero attached hydrogens (tertiary/aromatic N) is 2. The van der Waals surface area contributed by atoms with Crippen molar-refractivity contribution >= 4 is 23.2 Å². The van der Waals surface area contributed by atoms with Crippen molar-refractivity contribution in [2.75, 3.05) is 31.6 Å². The molecule has 1 aromatic heterocycles. The van der Waals surface area contributed by atoms with Crippen LogP contribution in [0.15, 0.2) is 72.8 Å². The third-order valence-electron chi connectivity index (χ3n) is 5.28. The number of aromatic nitrogens is 1. The van der Waals surface area contributed by atoms with Crippen LogP contribution in [0, 0.1) is 0 Å². The molecule has 7 nitrogen and oxygen atoms in total. The first-order valence-electron chi connectivity index (χ1n) is 10.8. The van der Waals surface area contributed by atoms with E-state index in [0.29, 0.717) is 41.1 Å². The number of hydrogen-bond acceptors (Lipinski definition) is 6. The van der Waals surface area contributed by atoms with Crippen LogP contribution in [0.4, 0.5) is 5.69 Å². The zero-order valence-corrected chi connectivity index (χ0v) is 18.8. The van der Waals surface area contributed by atoms with E-state index in [0.717, 1.165) is 13.0 Å². The lowest BCUT2D eigenvalue weighted by Gasteiger charge is -2.21. The van der Waals surface area contributed by atoms with Crippen LogP contribution in [-0.4, -0.2) is 59.3 Å². The van der Waals surface area contributed by atoms with Gasteiger partial charge in [-0.1, -0.05) is 48.0 Å². The second-order valence-corrected chi connectivity index (χ2v) is 8.26. The fourth-order valence-corrected chi connectivity index (χ4v) is 3.86. The summed E-state index contributed by atoms with van der Waals surface area (Å²) in [4.78, 5) is 18.8. The number of β-amino-alcohol motifs (C(OH)–C–C–N with tert-alkyl or cyclic N) is 1. The predicted octanol–water partition coefficient (Wildman–Crippen LogP) is 3.88. The highest BCUT2D eigenvalue weighted by Gasteiger charge is 2.26. The number of carbonyl (C=O) groups excluding carboxylic acids is 1. The van der Waals surface area contributed by atoms with Crippen LogP contribution in [0.2, 0.25) is 5.15 Å². The lowest BCUT2D eigenvalue weighted by molar-refractivity contribution is 0.0720. The topological polar surface area (TPSA) is 83.9 Å². The second-order valence-electron chi connectivity index (χ2n) is 7.87. The number of pyridine rings is 1. The van der Waals surface area contributed by atoms with Crippen molar-refractivity contribution in [2.24, 2.45) is 0 Å². The van der Waals surface area contributed by atoms with Crippen LogP contribution in [0.5, 0.6) is 11.6 Å². The number of rotatable bonds is 9. The Morgan fingerprint density at radius 1 is 1.12 bits per heavy atom. The third kappa shape index (κ3) is 6.68. The molecule has 8 heteroatoms. The quantitative estimate of drug-likeness (QED) is 0.465. The van der Waals surface area contributed by atoms with Gasteiger partial charge in [0.25, 0.3) is 5.91 Å². The van der Waals surface area contributed by atoms with Gasteiger partial charge in [0.1, 0.15) is 29.7 Å². The highest BCUT2D eigenvalue weighted by molar-refractivity contribution is 6.29. The van der Waals surface area contributed by atoms with E-state index in [9.17, 15) is 9.90 Å². The van der Waals surface area contributed by atoms with Gasteiger partial charge in [-0.3, -0.25) is 9.69 Å². The monoisotopic (exact) mass is 467 g/mol. The number of para-hydroxylation sites is 2. The Hall–Kier alpha value is -3.13. The van der Waals surface area contributed by atoms with Crippen LogP contribution >= 0.6 is 11.6 Å². The molecular weight excluding hydrogens is 442 g/mol. The molecule has 0 saturated carbocycles. The van der Waals surface area contributed by atoms with Gasteiger partial charge in [-0.05, 0) is 36.8 Å². The largest absolute Gasteiger partial charge is 0.489 e. The highest BCUT2D eigenvalue weighted by Crippen LogP contribution is 2.25. The lowest BCUT2D eigenvalue weighted by atomic mass is 10.2. The molecular formula is C25H26ClN3O4. The number of ether oxygens (including phenoxy) is 2. The van der Waals surface area contributed by atoms with Crippen LogP contribution in [0.1, 0.15) is 16.8 Å². The predicted molar refractivity (Wildman–Crippen MR) is 127 cm³/mol. The van der Waals surface area contributed by atoms with Crippen molar-refractivity contribution in [1.29, 1.82) is 0 Å². The molecule has 1 amide bonds. The smallest absolute Gasteiger partial charge is 0.255 e. The fourth-order valence-electron chi connectivity index (χ4n) is 3.70. The summed E-state index contributed by atoms with van der Waals surface area (Å²) in [6.07, 6.45) is 0.153. The Labute approximate surface area is 197 Å². The summed E-state index contributed by atoms with van der Waals surface area (Å²) in [5.74, 6) is 0.799. The average molecular weight is 468 g/mol. The van der Waals surface area contributed by atoms with E-state index in [1.54, 1.807) is 42.5 Å². The number of halogens is 1. The van der Waals surface area contributed by atoms with Gasteiger partial charge in [-0.2, -0.15) is 0 Å². The number of hydrogen-bond donors (Lipinski definition) is 2. The molecule has 2 atom stereocenters. The van der Waals surface area contributed by atoms with Crippen LogP contribution < -0.4 is 14.8 Å². The van der Waals surface area contributed by atoms with E-state index < -0.39 is 6.10 Å². The minimum Gasteiger partial charge on any atom is -0.489 e. The van der Waals surface area contributed by atoms with Gasteiger partial charge in [-0.15, -0.1) is 0 Å². The summed E-state index contributed by atoms with van der Waals surface area (Å²) in [7, 11) is 0. The molecule has 3 aromatic rings. The van der Waals surface area contributed by atoms with Crippen molar-refractivity contribution in [2.45, 2.75) is 18.6 Å². The van der Waals surface area contributed by atoms with Gasteiger partial charge >= 0.3 is 0 Å². The molecule has 1 saturated heterocycles.